The summed E-state index contributed by atoms with van der Waals surface area (Å²) in [6, 6.07) is 5.68. The van der Waals surface area contributed by atoms with Crippen LogP contribution in [-0.2, 0) is 0 Å². The topological polar surface area (TPSA) is 22.1 Å². The minimum absolute atomic E-state index is 0.242. The molecule has 0 aliphatic carbocycles. The van der Waals surface area contributed by atoms with E-state index in [-0.39, 0.29) is 6.10 Å². The van der Waals surface area contributed by atoms with Crippen molar-refractivity contribution in [2.75, 3.05) is 0 Å². The number of rotatable bonds is 4. The maximum atomic E-state index is 5.59. The van der Waals surface area contributed by atoms with Crippen LogP contribution in [0.25, 0.3) is 0 Å². The largest absolute Gasteiger partial charge is 0.475 e. The van der Waals surface area contributed by atoms with Crippen LogP contribution in [-0.4, -0.2) is 11.1 Å². The van der Waals surface area contributed by atoms with Crippen LogP contribution in [0.2, 0.25) is 0 Å². The van der Waals surface area contributed by atoms with Crippen LogP contribution in [0.15, 0.2) is 22.8 Å². The highest BCUT2D eigenvalue weighted by atomic mass is 79.9. The number of ether oxygens (including phenoxy) is 1. The maximum Gasteiger partial charge on any atom is 0.214 e. The highest BCUT2D eigenvalue weighted by molar-refractivity contribution is 9.10. The van der Waals surface area contributed by atoms with Crippen LogP contribution in [0.5, 0.6) is 5.88 Å². The number of halogens is 1. The van der Waals surface area contributed by atoms with Crippen molar-refractivity contribution in [1.82, 2.24) is 4.98 Å². The molecule has 1 aromatic heterocycles. The van der Waals surface area contributed by atoms with Crippen molar-refractivity contribution in [3.8, 4) is 5.88 Å². The molecule has 1 unspecified atom stereocenters. The smallest absolute Gasteiger partial charge is 0.214 e. The molecule has 0 aliphatic rings. The van der Waals surface area contributed by atoms with Gasteiger partial charge in [-0.25, -0.2) is 4.98 Å². The summed E-state index contributed by atoms with van der Waals surface area (Å²) in [5, 5.41) is 0. The quantitative estimate of drug-likeness (QED) is 0.757. The molecular formula is C10H14BrNO. The first-order valence-corrected chi connectivity index (χ1v) is 5.31. The predicted octanol–water partition coefficient (Wildman–Crippen LogP) is 3.41. The second-order valence-corrected chi connectivity index (χ2v) is 3.83. The molecule has 72 valence electrons. The molecule has 0 amide bonds. The Balaban J connectivity index is 2.53. The second kappa shape index (κ2) is 5.22. The van der Waals surface area contributed by atoms with E-state index in [1.165, 1.54) is 0 Å². The van der Waals surface area contributed by atoms with Gasteiger partial charge in [-0.15, -0.1) is 0 Å². The van der Waals surface area contributed by atoms with Gasteiger partial charge in [-0.3, -0.25) is 0 Å². The van der Waals surface area contributed by atoms with Crippen LogP contribution in [0, 0.1) is 0 Å². The molecule has 0 fully saturated rings. The zero-order valence-corrected chi connectivity index (χ0v) is 9.54. The fourth-order valence-corrected chi connectivity index (χ4v) is 1.45. The Hall–Kier alpha value is -0.570. The zero-order valence-electron chi connectivity index (χ0n) is 7.96. The second-order valence-electron chi connectivity index (χ2n) is 3.02. The molecule has 1 atom stereocenters. The number of hydrogen-bond donors (Lipinski definition) is 0. The highest BCUT2D eigenvalue weighted by Crippen LogP contribution is 2.14. The third kappa shape index (κ3) is 3.77. The van der Waals surface area contributed by atoms with Crippen LogP contribution in [0.1, 0.15) is 26.7 Å². The van der Waals surface area contributed by atoms with E-state index in [2.05, 4.69) is 34.8 Å². The van der Waals surface area contributed by atoms with E-state index in [0.717, 1.165) is 17.4 Å². The van der Waals surface area contributed by atoms with E-state index in [1.807, 2.05) is 18.2 Å². The van der Waals surface area contributed by atoms with Crippen LogP contribution in [0.4, 0.5) is 0 Å². The van der Waals surface area contributed by atoms with Crippen molar-refractivity contribution in [3.05, 3.63) is 22.8 Å². The summed E-state index contributed by atoms with van der Waals surface area (Å²) in [6.45, 7) is 4.21. The molecule has 13 heavy (non-hydrogen) atoms. The van der Waals surface area contributed by atoms with E-state index in [9.17, 15) is 0 Å². The van der Waals surface area contributed by atoms with Gasteiger partial charge in [0, 0.05) is 6.07 Å². The standard InChI is InChI=1S/C10H14BrNO/c1-3-5-8(2)13-10-7-4-6-9(11)12-10/h4,6-8H,3,5H2,1-2H3. The Labute approximate surface area is 87.5 Å². The van der Waals surface area contributed by atoms with Crippen molar-refractivity contribution in [2.24, 2.45) is 0 Å². The Morgan fingerprint density at radius 3 is 2.92 bits per heavy atom. The number of aromatic nitrogens is 1. The first-order valence-electron chi connectivity index (χ1n) is 4.51. The molecule has 0 bridgehead atoms. The molecular weight excluding hydrogens is 230 g/mol. The molecule has 0 saturated heterocycles. The van der Waals surface area contributed by atoms with Crippen LogP contribution >= 0.6 is 15.9 Å². The average molecular weight is 244 g/mol. The SMILES string of the molecule is CCCC(C)Oc1cccc(Br)n1. The van der Waals surface area contributed by atoms with E-state index < -0.39 is 0 Å². The number of hydrogen-bond acceptors (Lipinski definition) is 2. The lowest BCUT2D eigenvalue weighted by molar-refractivity contribution is 0.201. The minimum atomic E-state index is 0.242. The summed E-state index contributed by atoms with van der Waals surface area (Å²) >= 11 is 3.30. The molecule has 0 aliphatic heterocycles. The summed E-state index contributed by atoms with van der Waals surface area (Å²) in [5.74, 6) is 0.690. The van der Waals surface area contributed by atoms with Crippen LogP contribution in [0.3, 0.4) is 0 Å². The van der Waals surface area contributed by atoms with Gasteiger partial charge < -0.3 is 4.74 Å². The zero-order chi connectivity index (χ0) is 9.68. The van der Waals surface area contributed by atoms with Crippen molar-refractivity contribution in [3.63, 3.8) is 0 Å². The molecule has 0 saturated carbocycles. The van der Waals surface area contributed by atoms with Crippen molar-refractivity contribution < 1.29 is 4.74 Å². The van der Waals surface area contributed by atoms with Crippen molar-refractivity contribution >= 4 is 15.9 Å². The van der Waals surface area contributed by atoms with Crippen LogP contribution < -0.4 is 4.74 Å². The lowest BCUT2D eigenvalue weighted by Crippen LogP contribution is -2.11. The Kier molecular flexibility index (Phi) is 4.22. The predicted molar refractivity (Wildman–Crippen MR) is 56.9 cm³/mol. The molecule has 0 aromatic carbocycles. The van der Waals surface area contributed by atoms with Crippen molar-refractivity contribution in [1.29, 1.82) is 0 Å². The molecule has 0 N–H and O–H groups in total. The first-order chi connectivity index (χ1) is 6.22. The van der Waals surface area contributed by atoms with Gasteiger partial charge in [0.05, 0.1) is 6.10 Å². The van der Waals surface area contributed by atoms with Crippen molar-refractivity contribution in [2.45, 2.75) is 32.8 Å². The van der Waals surface area contributed by atoms with Gasteiger partial charge >= 0.3 is 0 Å². The Morgan fingerprint density at radius 1 is 1.54 bits per heavy atom. The molecule has 0 radical (unpaired) electrons. The summed E-state index contributed by atoms with van der Waals surface area (Å²) in [4.78, 5) is 4.19. The minimum Gasteiger partial charge on any atom is -0.475 e. The number of nitrogens with zero attached hydrogens (tertiary/aromatic N) is 1. The van der Waals surface area contributed by atoms with Gasteiger partial charge in [0.15, 0.2) is 0 Å². The summed E-state index contributed by atoms with van der Waals surface area (Å²) in [6.07, 6.45) is 2.44. The lowest BCUT2D eigenvalue weighted by Gasteiger charge is -2.12. The first kappa shape index (κ1) is 10.5. The fraction of sp³-hybridized carbons (Fsp3) is 0.500. The summed E-state index contributed by atoms with van der Waals surface area (Å²) < 4.78 is 6.41. The Bertz CT molecular complexity index is 265. The molecule has 2 nitrogen and oxygen atoms in total. The van der Waals surface area contributed by atoms with E-state index in [0.29, 0.717) is 5.88 Å². The molecule has 0 spiro atoms. The normalized spacial score (nSPS) is 12.5. The van der Waals surface area contributed by atoms with Gasteiger partial charge in [-0.1, -0.05) is 19.4 Å². The average Bonchev–Trinajstić information content (AvgIpc) is 2.04. The third-order valence-electron chi connectivity index (χ3n) is 1.71. The van der Waals surface area contributed by atoms with Gasteiger partial charge in [0.25, 0.3) is 0 Å². The Morgan fingerprint density at radius 2 is 2.31 bits per heavy atom. The van der Waals surface area contributed by atoms with E-state index in [4.69, 9.17) is 4.74 Å². The summed E-state index contributed by atoms with van der Waals surface area (Å²) in [5.41, 5.74) is 0. The van der Waals surface area contributed by atoms with E-state index in [1.54, 1.807) is 0 Å². The van der Waals surface area contributed by atoms with E-state index >= 15 is 0 Å². The van der Waals surface area contributed by atoms with Gasteiger partial charge in [0.1, 0.15) is 4.60 Å². The molecule has 3 heteroatoms. The third-order valence-corrected chi connectivity index (χ3v) is 2.15. The monoisotopic (exact) mass is 243 g/mol. The summed E-state index contributed by atoms with van der Waals surface area (Å²) in [7, 11) is 0. The molecule has 1 heterocycles. The van der Waals surface area contributed by atoms with Gasteiger partial charge in [-0.2, -0.15) is 0 Å². The fourth-order valence-electron chi connectivity index (χ4n) is 1.13. The molecule has 1 aromatic rings. The number of pyridine rings is 1. The lowest BCUT2D eigenvalue weighted by atomic mass is 10.2. The van der Waals surface area contributed by atoms with Gasteiger partial charge in [-0.05, 0) is 35.3 Å². The molecule has 1 rings (SSSR count). The van der Waals surface area contributed by atoms with Gasteiger partial charge in [0.2, 0.25) is 5.88 Å². The maximum absolute atomic E-state index is 5.59. The highest BCUT2D eigenvalue weighted by Gasteiger charge is 2.03.